The highest BCUT2D eigenvalue weighted by molar-refractivity contribution is 7.91. The first kappa shape index (κ1) is 22.6. The molecule has 1 aliphatic rings. The lowest BCUT2D eigenvalue weighted by Gasteiger charge is -2.19. The van der Waals surface area contributed by atoms with Crippen LogP contribution in [0.5, 0.6) is 0 Å². The van der Waals surface area contributed by atoms with Crippen LogP contribution < -0.4 is 10.0 Å². The lowest BCUT2D eigenvalue weighted by Crippen LogP contribution is -2.40. The van der Waals surface area contributed by atoms with Crippen molar-refractivity contribution in [2.24, 2.45) is 0 Å². The molecule has 0 saturated heterocycles. The maximum Gasteiger partial charge on any atom is 0.250 e. The van der Waals surface area contributed by atoms with Gasteiger partial charge in [-0.2, -0.15) is 5.10 Å². The fourth-order valence-corrected chi connectivity index (χ4v) is 5.74. The van der Waals surface area contributed by atoms with Gasteiger partial charge in [0.15, 0.2) is 11.6 Å². The van der Waals surface area contributed by atoms with Gasteiger partial charge in [-0.05, 0) is 45.7 Å². The first-order valence-corrected chi connectivity index (χ1v) is 12.6. The molecule has 0 amide bonds. The zero-order valence-corrected chi connectivity index (χ0v) is 19.7. The highest BCUT2D eigenvalue weighted by Crippen LogP contribution is 2.40. The molecule has 0 atom stereocenters. The number of thiophene rings is 1. The van der Waals surface area contributed by atoms with Crippen LogP contribution in [0.1, 0.15) is 50.8 Å². The van der Waals surface area contributed by atoms with Crippen LogP contribution in [0.2, 0.25) is 0 Å². The highest BCUT2D eigenvalue weighted by Gasteiger charge is 2.26. The zero-order chi connectivity index (χ0) is 22.9. The number of aromatic nitrogens is 4. The molecule has 3 heterocycles. The van der Waals surface area contributed by atoms with E-state index in [0.717, 1.165) is 29.9 Å². The van der Waals surface area contributed by atoms with E-state index in [4.69, 9.17) is 5.11 Å². The molecule has 3 aromatic rings. The maximum absolute atomic E-state index is 12.6. The van der Waals surface area contributed by atoms with Gasteiger partial charge in [0.2, 0.25) is 0 Å². The molecule has 0 spiro atoms. The molecule has 0 radical (unpaired) electrons. The Morgan fingerprint density at radius 1 is 1.31 bits per heavy atom. The predicted molar refractivity (Wildman–Crippen MR) is 125 cm³/mol. The molecule has 0 aromatic carbocycles. The van der Waals surface area contributed by atoms with E-state index in [1.165, 1.54) is 0 Å². The van der Waals surface area contributed by atoms with E-state index in [2.05, 4.69) is 30.2 Å². The molecule has 11 heteroatoms. The average Bonchev–Trinajstić information content (AvgIpc) is 3.23. The van der Waals surface area contributed by atoms with Crippen LogP contribution in [0.3, 0.4) is 0 Å². The largest absolute Gasteiger partial charge is 0.392 e. The Kier molecular flexibility index (Phi) is 6.17. The van der Waals surface area contributed by atoms with E-state index in [1.807, 2.05) is 6.07 Å². The Balaban J connectivity index is 1.64. The van der Waals surface area contributed by atoms with E-state index in [0.29, 0.717) is 33.8 Å². The molecule has 9 nitrogen and oxygen atoms in total. The second-order valence-electron chi connectivity index (χ2n) is 8.66. The van der Waals surface area contributed by atoms with Crippen LogP contribution in [0.25, 0.3) is 16.8 Å². The number of hydrogen-bond acceptors (Lipinski definition) is 8. The average molecular weight is 475 g/mol. The fraction of sp³-hybridized carbons (Fsp3) is 0.381. The summed E-state index contributed by atoms with van der Waals surface area (Å²) in [5, 5.41) is 19.7. The quantitative estimate of drug-likeness (QED) is 0.392. The number of sulfonamides is 1. The van der Waals surface area contributed by atoms with Crippen molar-refractivity contribution in [3.8, 4) is 10.7 Å². The number of H-pyrrole nitrogens is 1. The van der Waals surface area contributed by atoms with Gasteiger partial charge < -0.3 is 10.4 Å². The molecule has 32 heavy (non-hydrogen) atoms. The minimum absolute atomic E-state index is 0.109. The van der Waals surface area contributed by atoms with Gasteiger partial charge in [-0.25, -0.2) is 23.1 Å². The van der Waals surface area contributed by atoms with E-state index in [9.17, 15) is 8.42 Å². The lowest BCUT2D eigenvalue weighted by molar-refractivity contribution is 0.343. The number of aliphatic hydroxyl groups is 1. The molecule has 0 unspecified atom stereocenters. The van der Waals surface area contributed by atoms with Crippen molar-refractivity contribution in [2.45, 2.75) is 49.3 Å². The Morgan fingerprint density at radius 3 is 2.78 bits per heavy atom. The Hall–Kier alpha value is -2.60. The van der Waals surface area contributed by atoms with Crippen molar-refractivity contribution in [3.63, 3.8) is 0 Å². The Labute approximate surface area is 191 Å². The second kappa shape index (κ2) is 8.74. The molecule has 3 aromatic heterocycles. The van der Waals surface area contributed by atoms with Crippen molar-refractivity contribution >= 4 is 39.1 Å². The smallest absolute Gasteiger partial charge is 0.250 e. The monoisotopic (exact) mass is 474 g/mol. The number of anilines is 2. The van der Waals surface area contributed by atoms with Gasteiger partial charge in [0, 0.05) is 35.0 Å². The van der Waals surface area contributed by atoms with Gasteiger partial charge in [0.05, 0.1) is 11.5 Å². The van der Waals surface area contributed by atoms with Gasteiger partial charge >= 0.3 is 0 Å². The zero-order valence-electron chi connectivity index (χ0n) is 18.1. The summed E-state index contributed by atoms with van der Waals surface area (Å²) in [7, 11) is -3.64. The number of aliphatic hydroxyl groups excluding tert-OH is 1. The van der Waals surface area contributed by atoms with Crippen molar-refractivity contribution < 1.29 is 13.5 Å². The molecule has 1 aliphatic carbocycles. The third kappa shape index (κ3) is 5.41. The summed E-state index contributed by atoms with van der Waals surface area (Å²) in [6, 6.07) is 5.22. The molecular formula is C21H26N6O3S2. The second-order valence-corrected chi connectivity index (χ2v) is 11.7. The van der Waals surface area contributed by atoms with Crippen LogP contribution in [0, 0.1) is 0 Å². The molecule has 170 valence electrons. The summed E-state index contributed by atoms with van der Waals surface area (Å²) >= 11 is 1.11. The van der Waals surface area contributed by atoms with E-state index >= 15 is 0 Å². The van der Waals surface area contributed by atoms with Crippen molar-refractivity contribution in [1.29, 1.82) is 0 Å². The van der Waals surface area contributed by atoms with Crippen LogP contribution in [-0.4, -0.2) is 45.8 Å². The first-order chi connectivity index (χ1) is 15.1. The third-order valence-corrected chi connectivity index (χ3v) is 7.92. The van der Waals surface area contributed by atoms with Gasteiger partial charge in [0.25, 0.3) is 10.0 Å². The van der Waals surface area contributed by atoms with Crippen LogP contribution >= 0.6 is 11.3 Å². The van der Waals surface area contributed by atoms with Crippen molar-refractivity contribution in [1.82, 2.24) is 24.9 Å². The highest BCUT2D eigenvalue weighted by atomic mass is 32.2. The lowest BCUT2D eigenvalue weighted by atomic mass is 10.1. The number of hydrogen-bond donors (Lipinski definition) is 4. The number of rotatable bonds is 8. The van der Waals surface area contributed by atoms with Crippen molar-refractivity contribution in [2.75, 3.05) is 11.9 Å². The number of nitrogens with one attached hydrogen (secondary N) is 3. The Morgan fingerprint density at radius 2 is 2.09 bits per heavy atom. The molecular weight excluding hydrogens is 448 g/mol. The SMILES string of the molecule is CC(C)(C)NS(=O)(=O)c1ccc(-c2ncc(/C=C/CO)c(Nc3cc(C4CC4)[nH]n3)n2)s1. The minimum Gasteiger partial charge on any atom is -0.392 e. The van der Waals surface area contributed by atoms with Gasteiger partial charge in [0.1, 0.15) is 10.0 Å². The van der Waals surface area contributed by atoms with Crippen LogP contribution in [0.15, 0.2) is 34.7 Å². The molecule has 4 rings (SSSR count). The normalized spacial score (nSPS) is 14.9. The summed E-state index contributed by atoms with van der Waals surface area (Å²) in [6.45, 7) is 5.27. The summed E-state index contributed by atoms with van der Waals surface area (Å²) in [5.41, 5.74) is 1.19. The fourth-order valence-electron chi connectivity index (χ4n) is 3.08. The minimum atomic E-state index is -3.64. The third-order valence-electron chi connectivity index (χ3n) is 4.59. The first-order valence-electron chi connectivity index (χ1n) is 10.3. The Bertz CT molecular complexity index is 1240. The van der Waals surface area contributed by atoms with E-state index < -0.39 is 15.6 Å². The molecule has 1 saturated carbocycles. The molecule has 0 aliphatic heterocycles. The van der Waals surface area contributed by atoms with Crippen LogP contribution in [0.4, 0.5) is 11.6 Å². The summed E-state index contributed by atoms with van der Waals surface area (Å²) in [5.74, 6) is 2.09. The van der Waals surface area contributed by atoms with Gasteiger partial charge in [-0.1, -0.05) is 12.2 Å². The standard InChI is InChI=1S/C21H26N6O3S2/c1-21(2,3)27-32(29,30)18-9-8-16(31-18)20-22-12-14(5-4-10-28)19(24-20)23-17-11-15(25-26-17)13-6-7-13/h4-5,8-9,11-13,27-28H,6-7,10H2,1-3H3,(H2,22,23,24,25,26)/b5-4+. The molecule has 0 bridgehead atoms. The maximum atomic E-state index is 12.6. The van der Waals surface area contributed by atoms with Gasteiger partial charge in [-0.15, -0.1) is 11.3 Å². The molecule has 1 fully saturated rings. The predicted octanol–water partition coefficient (Wildman–Crippen LogP) is 3.63. The molecule has 4 N–H and O–H groups in total. The summed E-state index contributed by atoms with van der Waals surface area (Å²) in [6.07, 6.45) is 7.28. The van der Waals surface area contributed by atoms with Crippen molar-refractivity contribution in [3.05, 3.63) is 41.7 Å². The summed E-state index contributed by atoms with van der Waals surface area (Å²) in [4.78, 5) is 9.64. The van der Waals surface area contributed by atoms with E-state index in [-0.39, 0.29) is 10.8 Å². The van der Waals surface area contributed by atoms with Gasteiger partial charge in [-0.3, -0.25) is 5.10 Å². The van der Waals surface area contributed by atoms with E-state index in [1.54, 1.807) is 51.3 Å². The number of aromatic amines is 1. The van der Waals surface area contributed by atoms with Crippen LogP contribution in [-0.2, 0) is 10.0 Å². The summed E-state index contributed by atoms with van der Waals surface area (Å²) < 4.78 is 28.1. The topological polar surface area (TPSA) is 133 Å². The number of nitrogens with zero attached hydrogens (tertiary/aromatic N) is 3.